The monoisotopic (exact) mass is 303 g/mol. The van der Waals surface area contributed by atoms with Crippen molar-refractivity contribution >= 4 is 23.2 Å². The largest absolute Gasteiger partial charge is 0.466 e. The molecule has 0 N–H and O–H groups in total. The molecule has 0 spiro atoms. The Hall–Kier alpha value is -1.74. The summed E-state index contributed by atoms with van der Waals surface area (Å²) in [4.78, 5) is 13.5. The first kappa shape index (κ1) is 14.2. The van der Waals surface area contributed by atoms with Gasteiger partial charge in [0, 0.05) is 24.7 Å². The van der Waals surface area contributed by atoms with Crippen LogP contribution in [0.25, 0.3) is 0 Å². The van der Waals surface area contributed by atoms with E-state index in [2.05, 4.69) is 6.07 Å². The molecule has 0 bridgehead atoms. The molecule has 0 saturated heterocycles. The molecule has 0 radical (unpaired) electrons. The SMILES string of the molecule is Cc1cc(C(Cl)c2ccc3c(c2)CCC(=O)N3C)c(C)o1. The van der Waals surface area contributed by atoms with Gasteiger partial charge in [-0.2, -0.15) is 0 Å². The summed E-state index contributed by atoms with van der Waals surface area (Å²) in [6, 6.07) is 8.08. The van der Waals surface area contributed by atoms with Gasteiger partial charge in [0.15, 0.2) is 0 Å². The van der Waals surface area contributed by atoms with Crippen molar-refractivity contribution in [3.8, 4) is 0 Å². The third-order valence-corrected chi connectivity index (χ3v) is 4.58. The highest BCUT2D eigenvalue weighted by Crippen LogP contribution is 2.36. The molecule has 1 unspecified atom stereocenters. The van der Waals surface area contributed by atoms with E-state index in [1.165, 1.54) is 5.56 Å². The molecule has 110 valence electrons. The molecule has 1 aliphatic rings. The summed E-state index contributed by atoms with van der Waals surface area (Å²) in [5, 5.41) is -0.226. The van der Waals surface area contributed by atoms with Crippen molar-refractivity contribution in [2.24, 2.45) is 0 Å². The summed E-state index contributed by atoms with van der Waals surface area (Å²) in [6.07, 6.45) is 1.34. The number of carbonyl (C=O) groups excluding carboxylic acids is 1. The molecule has 1 aromatic heterocycles. The van der Waals surface area contributed by atoms with E-state index in [-0.39, 0.29) is 11.3 Å². The lowest BCUT2D eigenvalue weighted by Crippen LogP contribution is -2.31. The second-order valence-corrected chi connectivity index (χ2v) is 6.01. The minimum absolute atomic E-state index is 0.166. The molecule has 1 amide bonds. The van der Waals surface area contributed by atoms with E-state index in [1.807, 2.05) is 39.1 Å². The number of nitrogens with zero attached hydrogens (tertiary/aromatic N) is 1. The lowest BCUT2D eigenvalue weighted by Gasteiger charge is -2.26. The van der Waals surface area contributed by atoms with E-state index in [0.29, 0.717) is 6.42 Å². The van der Waals surface area contributed by atoms with Crippen LogP contribution in [0, 0.1) is 13.8 Å². The Morgan fingerprint density at radius 1 is 1.24 bits per heavy atom. The Labute approximate surface area is 129 Å². The maximum Gasteiger partial charge on any atom is 0.227 e. The molecule has 2 aromatic rings. The van der Waals surface area contributed by atoms with Crippen molar-refractivity contribution in [2.75, 3.05) is 11.9 Å². The Balaban J connectivity index is 1.97. The Kier molecular flexibility index (Phi) is 3.54. The van der Waals surface area contributed by atoms with Crippen LogP contribution in [0.2, 0.25) is 0 Å². The van der Waals surface area contributed by atoms with Crippen LogP contribution in [0.1, 0.15) is 40.0 Å². The van der Waals surface area contributed by atoms with Gasteiger partial charge in [0.1, 0.15) is 11.5 Å². The predicted molar refractivity (Wildman–Crippen MR) is 84.1 cm³/mol. The fourth-order valence-corrected chi connectivity index (χ4v) is 3.27. The molecular weight excluding hydrogens is 286 g/mol. The molecule has 1 aliphatic heterocycles. The molecule has 21 heavy (non-hydrogen) atoms. The van der Waals surface area contributed by atoms with Crippen LogP contribution in [0.5, 0.6) is 0 Å². The topological polar surface area (TPSA) is 33.5 Å². The first-order valence-corrected chi connectivity index (χ1v) is 7.51. The molecule has 4 heteroatoms. The van der Waals surface area contributed by atoms with Gasteiger partial charge in [-0.3, -0.25) is 4.79 Å². The first-order chi connectivity index (χ1) is 9.97. The number of amides is 1. The fraction of sp³-hybridized carbons (Fsp3) is 0.353. The van der Waals surface area contributed by atoms with Crippen LogP contribution in [0.15, 0.2) is 28.7 Å². The van der Waals surface area contributed by atoms with Crippen LogP contribution in [0.4, 0.5) is 5.69 Å². The average Bonchev–Trinajstić information content (AvgIpc) is 2.80. The molecule has 3 nitrogen and oxygen atoms in total. The van der Waals surface area contributed by atoms with Crippen LogP contribution in [-0.4, -0.2) is 13.0 Å². The smallest absolute Gasteiger partial charge is 0.227 e. The third-order valence-electron chi connectivity index (χ3n) is 4.09. The highest BCUT2D eigenvalue weighted by Gasteiger charge is 2.23. The molecule has 0 aliphatic carbocycles. The summed E-state index contributed by atoms with van der Waals surface area (Å²) >= 11 is 6.62. The number of hydrogen-bond donors (Lipinski definition) is 0. The number of aryl methyl sites for hydroxylation is 3. The average molecular weight is 304 g/mol. The number of benzene rings is 1. The quantitative estimate of drug-likeness (QED) is 0.781. The summed E-state index contributed by atoms with van der Waals surface area (Å²) in [5.74, 6) is 1.90. The highest BCUT2D eigenvalue weighted by molar-refractivity contribution is 6.22. The summed E-state index contributed by atoms with van der Waals surface area (Å²) in [5.41, 5.74) is 4.22. The number of hydrogen-bond acceptors (Lipinski definition) is 2. The van der Waals surface area contributed by atoms with Crippen molar-refractivity contribution < 1.29 is 9.21 Å². The highest BCUT2D eigenvalue weighted by atomic mass is 35.5. The van der Waals surface area contributed by atoms with E-state index in [4.69, 9.17) is 16.0 Å². The van der Waals surface area contributed by atoms with Gasteiger partial charge in [-0.05, 0) is 43.5 Å². The number of furan rings is 1. The minimum Gasteiger partial charge on any atom is -0.466 e. The van der Waals surface area contributed by atoms with Gasteiger partial charge in [-0.1, -0.05) is 12.1 Å². The Morgan fingerprint density at radius 2 is 2.00 bits per heavy atom. The minimum atomic E-state index is -0.226. The third kappa shape index (κ3) is 2.46. The number of fused-ring (bicyclic) bond motifs is 1. The predicted octanol–water partition coefficient (Wildman–Crippen LogP) is 4.13. The molecule has 1 atom stereocenters. The number of rotatable bonds is 2. The second-order valence-electron chi connectivity index (χ2n) is 5.57. The van der Waals surface area contributed by atoms with Gasteiger partial charge in [-0.25, -0.2) is 0 Å². The lowest BCUT2D eigenvalue weighted by atomic mass is 9.96. The number of carbonyl (C=O) groups is 1. The van der Waals surface area contributed by atoms with E-state index in [9.17, 15) is 4.79 Å². The zero-order chi connectivity index (χ0) is 15.1. The standard InChI is InChI=1S/C17H18ClNO2/c1-10-8-14(11(2)21-10)17(18)13-4-6-15-12(9-13)5-7-16(20)19(15)3/h4,6,8-9,17H,5,7H2,1-3H3. The zero-order valence-electron chi connectivity index (χ0n) is 12.4. The van der Waals surface area contributed by atoms with Crippen LogP contribution < -0.4 is 4.90 Å². The summed E-state index contributed by atoms with van der Waals surface area (Å²) in [7, 11) is 1.82. The number of anilines is 1. The van der Waals surface area contributed by atoms with Gasteiger partial charge >= 0.3 is 0 Å². The van der Waals surface area contributed by atoms with Crippen LogP contribution >= 0.6 is 11.6 Å². The van der Waals surface area contributed by atoms with Crippen LogP contribution in [0.3, 0.4) is 0 Å². The van der Waals surface area contributed by atoms with Gasteiger partial charge in [0.2, 0.25) is 5.91 Å². The van der Waals surface area contributed by atoms with Crippen molar-refractivity contribution in [1.29, 1.82) is 0 Å². The Morgan fingerprint density at radius 3 is 2.67 bits per heavy atom. The van der Waals surface area contributed by atoms with E-state index in [0.717, 1.165) is 34.8 Å². The summed E-state index contributed by atoms with van der Waals surface area (Å²) in [6.45, 7) is 3.86. The van der Waals surface area contributed by atoms with E-state index in [1.54, 1.807) is 4.90 Å². The molecule has 2 heterocycles. The molecular formula is C17H18ClNO2. The molecule has 3 rings (SSSR count). The van der Waals surface area contributed by atoms with Crippen molar-refractivity contribution in [3.63, 3.8) is 0 Å². The maximum absolute atomic E-state index is 11.7. The molecule has 1 aromatic carbocycles. The fourth-order valence-electron chi connectivity index (χ4n) is 2.92. The summed E-state index contributed by atoms with van der Waals surface area (Å²) < 4.78 is 5.56. The molecule has 0 fully saturated rings. The first-order valence-electron chi connectivity index (χ1n) is 7.07. The van der Waals surface area contributed by atoms with Crippen molar-refractivity contribution in [3.05, 3.63) is 52.5 Å². The van der Waals surface area contributed by atoms with Crippen LogP contribution in [-0.2, 0) is 11.2 Å². The lowest BCUT2D eigenvalue weighted by molar-refractivity contribution is -0.118. The van der Waals surface area contributed by atoms with Gasteiger partial charge in [0.25, 0.3) is 0 Å². The number of halogens is 1. The zero-order valence-corrected chi connectivity index (χ0v) is 13.2. The number of alkyl halides is 1. The van der Waals surface area contributed by atoms with Gasteiger partial charge < -0.3 is 9.32 Å². The van der Waals surface area contributed by atoms with E-state index < -0.39 is 0 Å². The van der Waals surface area contributed by atoms with E-state index >= 15 is 0 Å². The van der Waals surface area contributed by atoms with Gasteiger partial charge in [0.05, 0.1) is 5.38 Å². The van der Waals surface area contributed by atoms with Gasteiger partial charge in [-0.15, -0.1) is 11.6 Å². The molecule has 0 saturated carbocycles. The van der Waals surface area contributed by atoms with Crippen molar-refractivity contribution in [1.82, 2.24) is 0 Å². The second kappa shape index (κ2) is 5.23. The van der Waals surface area contributed by atoms with Crippen molar-refractivity contribution in [2.45, 2.75) is 32.1 Å². The normalized spacial score (nSPS) is 16.0. The Bertz CT molecular complexity index is 705. The maximum atomic E-state index is 11.7.